The number of nitrogens with one attached hydrogen (secondary N) is 1. The third kappa shape index (κ3) is 4.32. The molecule has 1 amide bonds. The Morgan fingerprint density at radius 1 is 1.31 bits per heavy atom. The number of carbonyl (C=O) groups is 2. The molecule has 174 valence electrons. The van der Waals surface area contributed by atoms with E-state index >= 15 is 0 Å². The number of halogens is 2. The third-order valence-electron chi connectivity index (χ3n) is 6.70. The summed E-state index contributed by atoms with van der Waals surface area (Å²) >= 11 is 0. The molecule has 32 heavy (non-hydrogen) atoms. The van der Waals surface area contributed by atoms with Gasteiger partial charge in [-0.1, -0.05) is 25.7 Å². The van der Waals surface area contributed by atoms with E-state index in [4.69, 9.17) is 10.5 Å². The number of aromatic nitrogens is 3. The number of fused-ring (bicyclic) bond motifs is 1. The SMILES string of the molecule is COC(=O)C1(Cc2ccc3nc(C(N)C4CCCCCC4)cn3n2)CC(F)(F)CNC1=O. The van der Waals surface area contributed by atoms with Crippen molar-refractivity contribution in [2.24, 2.45) is 17.1 Å². The second-order valence-electron chi connectivity index (χ2n) is 9.04. The first-order valence-electron chi connectivity index (χ1n) is 11.1. The summed E-state index contributed by atoms with van der Waals surface area (Å²) in [5, 5.41) is 6.59. The van der Waals surface area contributed by atoms with Gasteiger partial charge in [0, 0.05) is 12.8 Å². The number of ether oxygens (including phenoxy) is 1. The molecule has 1 saturated heterocycles. The highest BCUT2D eigenvalue weighted by Gasteiger charge is 2.57. The van der Waals surface area contributed by atoms with Gasteiger partial charge < -0.3 is 15.8 Å². The van der Waals surface area contributed by atoms with Crippen molar-refractivity contribution in [1.82, 2.24) is 19.9 Å². The van der Waals surface area contributed by atoms with Gasteiger partial charge in [-0.15, -0.1) is 0 Å². The van der Waals surface area contributed by atoms with Crippen LogP contribution in [-0.4, -0.2) is 46.1 Å². The van der Waals surface area contributed by atoms with Crippen LogP contribution in [-0.2, 0) is 20.7 Å². The molecule has 8 nitrogen and oxygen atoms in total. The number of nitrogens with zero attached hydrogens (tertiary/aromatic N) is 3. The van der Waals surface area contributed by atoms with Crippen LogP contribution in [0.1, 0.15) is 62.4 Å². The normalized spacial score (nSPS) is 25.2. The maximum Gasteiger partial charge on any atom is 0.322 e. The van der Waals surface area contributed by atoms with Crippen molar-refractivity contribution in [1.29, 1.82) is 0 Å². The van der Waals surface area contributed by atoms with Crippen LogP contribution in [0.3, 0.4) is 0 Å². The van der Waals surface area contributed by atoms with E-state index in [-0.39, 0.29) is 12.5 Å². The summed E-state index contributed by atoms with van der Waals surface area (Å²) in [5.74, 6) is -4.64. The van der Waals surface area contributed by atoms with Crippen LogP contribution in [0.2, 0.25) is 0 Å². The zero-order valence-corrected chi connectivity index (χ0v) is 18.2. The number of imidazole rings is 1. The van der Waals surface area contributed by atoms with E-state index in [1.54, 1.807) is 18.3 Å². The molecule has 3 N–H and O–H groups in total. The fourth-order valence-corrected chi connectivity index (χ4v) is 4.95. The molecule has 0 aromatic carbocycles. The second kappa shape index (κ2) is 8.73. The van der Waals surface area contributed by atoms with Gasteiger partial charge in [-0.05, 0) is 30.9 Å². The molecular weight excluding hydrogens is 420 g/mol. The lowest BCUT2D eigenvalue weighted by Crippen LogP contribution is -2.59. The van der Waals surface area contributed by atoms with E-state index in [1.165, 1.54) is 17.4 Å². The van der Waals surface area contributed by atoms with E-state index in [0.29, 0.717) is 17.3 Å². The average Bonchev–Trinajstić information content (AvgIpc) is 2.99. The van der Waals surface area contributed by atoms with Crippen LogP contribution in [0.4, 0.5) is 8.78 Å². The zero-order chi connectivity index (χ0) is 22.9. The van der Waals surface area contributed by atoms with Gasteiger partial charge in [-0.2, -0.15) is 5.10 Å². The minimum atomic E-state index is -3.22. The monoisotopic (exact) mass is 449 g/mol. The quantitative estimate of drug-likeness (QED) is 0.412. The molecule has 2 aromatic rings. The number of hydrogen-bond acceptors (Lipinski definition) is 6. The first-order chi connectivity index (χ1) is 15.2. The van der Waals surface area contributed by atoms with Gasteiger partial charge >= 0.3 is 5.97 Å². The van der Waals surface area contributed by atoms with E-state index in [2.05, 4.69) is 15.4 Å². The average molecular weight is 450 g/mol. The summed E-state index contributed by atoms with van der Waals surface area (Å²) in [4.78, 5) is 29.6. The maximum atomic E-state index is 14.2. The van der Waals surface area contributed by atoms with Crippen molar-refractivity contribution in [3.8, 4) is 0 Å². The highest BCUT2D eigenvalue weighted by Crippen LogP contribution is 2.40. The number of rotatable bonds is 5. The molecule has 2 fully saturated rings. The molecule has 3 heterocycles. The van der Waals surface area contributed by atoms with Crippen LogP contribution in [0, 0.1) is 11.3 Å². The molecule has 2 atom stereocenters. The fraction of sp³-hybridized carbons (Fsp3) is 0.636. The molecule has 0 spiro atoms. The first kappa shape index (κ1) is 22.6. The molecule has 2 aromatic heterocycles. The molecule has 2 unspecified atom stereocenters. The van der Waals surface area contributed by atoms with Crippen molar-refractivity contribution in [3.63, 3.8) is 0 Å². The van der Waals surface area contributed by atoms with Gasteiger partial charge in [0.25, 0.3) is 5.92 Å². The van der Waals surface area contributed by atoms with E-state index < -0.39 is 36.2 Å². The lowest BCUT2D eigenvalue weighted by atomic mass is 9.74. The number of amides is 1. The molecule has 0 bridgehead atoms. The molecular formula is C22H29F2N5O3. The van der Waals surface area contributed by atoms with Crippen LogP contribution in [0.25, 0.3) is 5.65 Å². The van der Waals surface area contributed by atoms with Crippen molar-refractivity contribution in [2.75, 3.05) is 13.7 Å². The van der Waals surface area contributed by atoms with Gasteiger partial charge in [0.1, 0.15) is 0 Å². The highest BCUT2D eigenvalue weighted by atomic mass is 19.3. The standard InChI is InChI=1S/C22H29F2N5O3/c1-32-20(31)21(12-22(23,24)13-26-19(21)30)10-15-8-9-17-27-16(11-29(17)28-15)18(25)14-6-4-2-3-5-7-14/h8-9,11,14,18H,2-7,10,12-13,25H2,1H3,(H,26,30). The molecule has 2 aliphatic rings. The molecule has 1 aliphatic carbocycles. The number of nitrogens with two attached hydrogens (primary N) is 1. The molecule has 4 rings (SSSR count). The van der Waals surface area contributed by atoms with Gasteiger partial charge in [-0.3, -0.25) is 9.59 Å². The minimum absolute atomic E-state index is 0.206. The Bertz CT molecular complexity index is 993. The van der Waals surface area contributed by atoms with Gasteiger partial charge in [-0.25, -0.2) is 18.3 Å². The number of carbonyl (C=O) groups excluding carboxylic acids is 2. The summed E-state index contributed by atoms with van der Waals surface area (Å²) in [7, 11) is 1.08. The molecule has 1 aliphatic heterocycles. The Kier molecular flexibility index (Phi) is 6.15. The molecule has 10 heteroatoms. The Labute approximate surface area is 184 Å². The fourth-order valence-electron chi connectivity index (χ4n) is 4.95. The van der Waals surface area contributed by atoms with E-state index in [1.807, 2.05) is 0 Å². The Hall–Kier alpha value is -2.62. The summed E-state index contributed by atoms with van der Waals surface area (Å²) in [6, 6.07) is 3.08. The van der Waals surface area contributed by atoms with Crippen LogP contribution < -0.4 is 11.1 Å². The van der Waals surface area contributed by atoms with Crippen LogP contribution in [0.15, 0.2) is 18.3 Å². The number of hydrogen-bond donors (Lipinski definition) is 2. The Morgan fingerprint density at radius 2 is 2.03 bits per heavy atom. The number of esters is 1. The smallest absolute Gasteiger partial charge is 0.322 e. The summed E-state index contributed by atoms with van der Waals surface area (Å²) in [6.07, 6.45) is 7.43. The number of alkyl halides is 2. The van der Waals surface area contributed by atoms with Gasteiger partial charge in [0.15, 0.2) is 11.1 Å². The molecule has 1 saturated carbocycles. The number of methoxy groups -OCH3 is 1. The highest BCUT2D eigenvalue weighted by molar-refractivity contribution is 6.03. The summed E-state index contributed by atoms with van der Waals surface area (Å²) in [5.41, 5.74) is 6.08. The predicted octanol–water partition coefficient (Wildman–Crippen LogP) is 2.56. The lowest BCUT2D eigenvalue weighted by Gasteiger charge is -2.37. The first-order valence-corrected chi connectivity index (χ1v) is 11.1. The largest absolute Gasteiger partial charge is 0.468 e. The van der Waals surface area contributed by atoms with Crippen molar-refractivity contribution in [3.05, 3.63) is 29.7 Å². The van der Waals surface area contributed by atoms with Crippen molar-refractivity contribution in [2.45, 2.75) is 63.3 Å². The second-order valence-corrected chi connectivity index (χ2v) is 9.04. The van der Waals surface area contributed by atoms with Crippen molar-refractivity contribution < 1.29 is 23.1 Å². The lowest BCUT2D eigenvalue weighted by molar-refractivity contribution is -0.172. The predicted molar refractivity (Wildman–Crippen MR) is 112 cm³/mol. The molecule has 0 radical (unpaired) electrons. The van der Waals surface area contributed by atoms with E-state index in [9.17, 15) is 18.4 Å². The summed E-state index contributed by atoms with van der Waals surface area (Å²) < 4.78 is 34.6. The Balaban J connectivity index is 1.61. The topological polar surface area (TPSA) is 112 Å². The van der Waals surface area contributed by atoms with Gasteiger partial charge in [0.05, 0.1) is 37.3 Å². The minimum Gasteiger partial charge on any atom is -0.468 e. The Morgan fingerprint density at radius 3 is 2.72 bits per heavy atom. The van der Waals surface area contributed by atoms with E-state index in [0.717, 1.165) is 38.5 Å². The maximum absolute atomic E-state index is 14.2. The summed E-state index contributed by atoms with van der Waals surface area (Å²) in [6.45, 7) is -0.805. The van der Waals surface area contributed by atoms with Crippen LogP contribution >= 0.6 is 0 Å². The zero-order valence-electron chi connectivity index (χ0n) is 18.2. The third-order valence-corrected chi connectivity index (χ3v) is 6.70. The van der Waals surface area contributed by atoms with Crippen molar-refractivity contribution >= 4 is 17.5 Å². The van der Waals surface area contributed by atoms with Crippen LogP contribution in [0.5, 0.6) is 0 Å². The number of piperidine rings is 1. The van der Waals surface area contributed by atoms with Gasteiger partial charge in [0.2, 0.25) is 5.91 Å².